The average Bonchev–Trinajstić information content (AvgIpc) is 2.55. The zero-order chi connectivity index (χ0) is 14.2. The van der Waals surface area contributed by atoms with Gasteiger partial charge in [-0.25, -0.2) is 0 Å². The van der Waals surface area contributed by atoms with Gasteiger partial charge >= 0.3 is 0 Å². The van der Waals surface area contributed by atoms with Gasteiger partial charge in [0.05, 0.1) is 11.2 Å². The number of hydrogen-bond donors (Lipinski definition) is 1. The van der Waals surface area contributed by atoms with Crippen molar-refractivity contribution in [3.63, 3.8) is 0 Å². The summed E-state index contributed by atoms with van der Waals surface area (Å²) in [7, 11) is 0. The van der Waals surface area contributed by atoms with Crippen molar-refractivity contribution < 1.29 is 0 Å². The summed E-state index contributed by atoms with van der Waals surface area (Å²) in [5, 5.41) is 10.0. The highest BCUT2D eigenvalue weighted by molar-refractivity contribution is 6.03. The van der Waals surface area contributed by atoms with Gasteiger partial charge in [0.1, 0.15) is 5.52 Å². The summed E-state index contributed by atoms with van der Waals surface area (Å²) < 4.78 is 0. The summed E-state index contributed by atoms with van der Waals surface area (Å²) in [5.74, 6) is 0. The molecule has 0 radical (unpaired) electrons. The van der Waals surface area contributed by atoms with Crippen LogP contribution >= 0.6 is 0 Å². The fourth-order valence-electron chi connectivity index (χ4n) is 2.51. The maximum absolute atomic E-state index is 12.1. The first-order valence-electron chi connectivity index (χ1n) is 6.67. The van der Waals surface area contributed by atoms with Crippen LogP contribution in [0.2, 0.25) is 0 Å². The van der Waals surface area contributed by atoms with Gasteiger partial charge in [-0.2, -0.15) is 0 Å². The molecule has 0 amide bonds. The van der Waals surface area contributed by atoms with Crippen LogP contribution < -0.4 is 5.56 Å². The van der Waals surface area contributed by atoms with E-state index in [1.807, 2.05) is 54.6 Å². The standard InChI is InChI=1S/C17H11N3O/c21-17-13-9-5-4-8-12(13)16-15(18-17)10-14(19-20-16)11-6-2-1-3-7-11/h1-10H,(H,18,21). The molecule has 1 N–H and O–H groups in total. The minimum absolute atomic E-state index is 0.106. The molecule has 0 saturated heterocycles. The number of aromatic amines is 1. The lowest BCUT2D eigenvalue weighted by molar-refractivity contribution is 1.08. The molecule has 0 aliphatic heterocycles. The third kappa shape index (κ3) is 1.89. The summed E-state index contributed by atoms with van der Waals surface area (Å²) in [4.78, 5) is 15.0. The molecule has 0 fully saturated rings. The summed E-state index contributed by atoms with van der Waals surface area (Å²) in [6.45, 7) is 0. The van der Waals surface area contributed by atoms with Gasteiger partial charge in [0.2, 0.25) is 0 Å². The molecule has 2 heterocycles. The lowest BCUT2D eigenvalue weighted by Crippen LogP contribution is -2.07. The zero-order valence-electron chi connectivity index (χ0n) is 11.1. The second kappa shape index (κ2) is 4.52. The fourth-order valence-corrected chi connectivity index (χ4v) is 2.51. The molecule has 0 atom stereocenters. The van der Waals surface area contributed by atoms with Crippen LogP contribution in [0.1, 0.15) is 0 Å². The lowest BCUT2D eigenvalue weighted by atomic mass is 10.1. The van der Waals surface area contributed by atoms with Crippen molar-refractivity contribution in [2.45, 2.75) is 0 Å². The Morgan fingerprint density at radius 1 is 0.810 bits per heavy atom. The smallest absolute Gasteiger partial charge is 0.256 e. The maximum Gasteiger partial charge on any atom is 0.256 e. The Kier molecular flexibility index (Phi) is 2.54. The molecule has 2 aromatic heterocycles. The molecular weight excluding hydrogens is 262 g/mol. The van der Waals surface area contributed by atoms with Crippen LogP contribution in [-0.4, -0.2) is 15.2 Å². The largest absolute Gasteiger partial charge is 0.320 e. The highest BCUT2D eigenvalue weighted by atomic mass is 16.1. The molecule has 0 spiro atoms. The predicted octanol–water partition coefficient (Wildman–Crippen LogP) is 3.14. The minimum Gasteiger partial charge on any atom is -0.320 e. The molecule has 0 bridgehead atoms. The van der Waals surface area contributed by atoms with Gasteiger partial charge in [-0.05, 0) is 12.1 Å². The Morgan fingerprint density at radius 3 is 2.33 bits per heavy atom. The summed E-state index contributed by atoms with van der Waals surface area (Å²) in [5.41, 5.74) is 3.03. The quantitative estimate of drug-likeness (QED) is 0.542. The molecule has 4 nitrogen and oxygen atoms in total. The zero-order valence-corrected chi connectivity index (χ0v) is 11.1. The molecule has 0 aliphatic carbocycles. The molecule has 4 aromatic rings. The number of hydrogen-bond acceptors (Lipinski definition) is 3. The number of nitrogens with one attached hydrogen (secondary N) is 1. The number of H-pyrrole nitrogens is 1. The molecule has 4 heteroatoms. The second-order valence-electron chi connectivity index (χ2n) is 4.86. The number of nitrogens with zero attached hydrogens (tertiary/aromatic N) is 2. The first-order chi connectivity index (χ1) is 10.3. The van der Waals surface area contributed by atoms with E-state index in [-0.39, 0.29) is 5.56 Å². The van der Waals surface area contributed by atoms with Crippen LogP contribution in [-0.2, 0) is 0 Å². The van der Waals surface area contributed by atoms with Crippen molar-refractivity contribution >= 4 is 21.8 Å². The van der Waals surface area contributed by atoms with Crippen LogP contribution in [0, 0.1) is 0 Å². The van der Waals surface area contributed by atoms with E-state index in [9.17, 15) is 4.79 Å². The molecule has 4 rings (SSSR count). The Hall–Kier alpha value is -3.01. The van der Waals surface area contributed by atoms with Crippen LogP contribution in [0.25, 0.3) is 33.1 Å². The Labute approximate surface area is 120 Å². The van der Waals surface area contributed by atoms with Gasteiger partial charge in [0.25, 0.3) is 5.56 Å². The number of aromatic nitrogens is 3. The molecule has 0 saturated carbocycles. The highest BCUT2D eigenvalue weighted by Gasteiger charge is 2.08. The van der Waals surface area contributed by atoms with Crippen molar-refractivity contribution in [1.29, 1.82) is 0 Å². The van der Waals surface area contributed by atoms with Crippen LogP contribution in [0.15, 0.2) is 65.5 Å². The number of pyridine rings is 1. The fraction of sp³-hybridized carbons (Fsp3) is 0. The van der Waals surface area contributed by atoms with E-state index >= 15 is 0 Å². The van der Waals surface area contributed by atoms with Gasteiger partial charge in [-0.3, -0.25) is 4.79 Å². The van der Waals surface area contributed by atoms with Crippen LogP contribution in [0.3, 0.4) is 0 Å². The first kappa shape index (κ1) is 11.8. The Bertz CT molecular complexity index is 1010. The lowest BCUT2D eigenvalue weighted by Gasteiger charge is -2.04. The topological polar surface area (TPSA) is 58.6 Å². The maximum atomic E-state index is 12.1. The van der Waals surface area contributed by atoms with Gasteiger partial charge < -0.3 is 4.98 Å². The predicted molar refractivity (Wildman–Crippen MR) is 83.1 cm³/mol. The number of benzene rings is 2. The van der Waals surface area contributed by atoms with Crippen LogP contribution in [0.5, 0.6) is 0 Å². The third-order valence-corrected chi connectivity index (χ3v) is 3.54. The summed E-state index contributed by atoms with van der Waals surface area (Å²) >= 11 is 0. The molecule has 0 aliphatic rings. The van der Waals surface area contributed by atoms with E-state index in [0.717, 1.165) is 16.6 Å². The van der Waals surface area contributed by atoms with Crippen molar-refractivity contribution in [2.75, 3.05) is 0 Å². The first-order valence-corrected chi connectivity index (χ1v) is 6.67. The van der Waals surface area contributed by atoms with Crippen molar-refractivity contribution in [2.24, 2.45) is 0 Å². The van der Waals surface area contributed by atoms with E-state index in [1.54, 1.807) is 6.07 Å². The molecule has 100 valence electrons. The molecule has 0 unspecified atom stereocenters. The molecule has 21 heavy (non-hydrogen) atoms. The highest BCUT2D eigenvalue weighted by Crippen LogP contribution is 2.22. The van der Waals surface area contributed by atoms with Crippen molar-refractivity contribution in [3.05, 3.63) is 71.0 Å². The monoisotopic (exact) mass is 273 g/mol. The van der Waals surface area contributed by atoms with Gasteiger partial charge in [-0.15, -0.1) is 10.2 Å². The average molecular weight is 273 g/mol. The molecular formula is C17H11N3O. The van der Waals surface area contributed by atoms with Gasteiger partial charge in [-0.1, -0.05) is 48.5 Å². The third-order valence-electron chi connectivity index (χ3n) is 3.54. The normalized spacial score (nSPS) is 11.0. The van der Waals surface area contributed by atoms with Crippen molar-refractivity contribution in [1.82, 2.24) is 15.2 Å². The summed E-state index contributed by atoms with van der Waals surface area (Å²) in [6, 6.07) is 19.1. The Balaban J connectivity index is 2.06. The Morgan fingerprint density at radius 2 is 1.52 bits per heavy atom. The second-order valence-corrected chi connectivity index (χ2v) is 4.86. The van der Waals surface area contributed by atoms with E-state index in [1.165, 1.54) is 0 Å². The van der Waals surface area contributed by atoms with Gasteiger partial charge in [0, 0.05) is 16.3 Å². The van der Waals surface area contributed by atoms with Gasteiger partial charge in [0.15, 0.2) is 0 Å². The number of fused-ring (bicyclic) bond motifs is 3. The van der Waals surface area contributed by atoms with Crippen LogP contribution in [0.4, 0.5) is 0 Å². The summed E-state index contributed by atoms with van der Waals surface area (Å²) in [6.07, 6.45) is 0. The molecule has 2 aromatic carbocycles. The minimum atomic E-state index is -0.106. The van der Waals surface area contributed by atoms with E-state index in [0.29, 0.717) is 16.4 Å². The number of rotatable bonds is 1. The van der Waals surface area contributed by atoms with E-state index in [2.05, 4.69) is 15.2 Å². The van der Waals surface area contributed by atoms with Crippen molar-refractivity contribution in [3.8, 4) is 11.3 Å². The van der Waals surface area contributed by atoms with E-state index in [4.69, 9.17) is 0 Å². The SMILES string of the molecule is O=c1[nH]c2cc(-c3ccccc3)nnc2c2ccccc12. The van der Waals surface area contributed by atoms with E-state index < -0.39 is 0 Å².